The van der Waals surface area contributed by atoms with E-state index in [9.17, 15) is 18.0 Å². The smallest absolute Gasteiger partial charge is 0.350 e. The lowest BCUT2D eigenvalue weighted by atomic mass is 10.1. The molecule has 1 rings (SSSR count). The maximum Gasteiger partial charge on any atom is 0.416 e. The fourth-order valence-corrected chi connectivity index (χ4v) is 2.19. The first-order valence-electron chi connectivity index (χ1n) is 6.43. The van der Waals surface area contributed by atoms with E-state index in [2.05, 4.69) is 21.2 Å². The zero-order chi connectivity index (χ0) is 15.3. The van der Waals surface area contributed by atoms with Gasteiger partial charge in [0, 0.05) is 10.5 Å². The second-order valence-electron chi connectivity index (χ2n) is 4.71. The average Bonchev–Trinajstić information content (AvgIpc) is 2.35. The highest BCUT2D eigenvalue weighted by atomic mass is 79.9. The van der Waals surface area contributed by atoms with Gasteiger partial charge in [-0.05, 0) is 47.5 Å². The standard InChI is InChI=1S/C14H17BrF3NO/c1-3-4-5-9(2)19-13(20)11-8-10(14(16,17)18)6-7-12(11)15/h6-9H,3-5H2,1-2H3,(H,19,20). The van der Waals surface area contributed by atoms with Gasteiger partial charge in [-0.3, -0.25) is 4.79 Å². The number of amides is 1. The van der Waals surface area contributed by atoms with Gasteiger partial charge in [-0.1, -0.05) is 19.8 Å². The van der Waals surface area contributed by atoms with Gasteiger partial charge in [0.1, 0.15) is 0 Å². The molecule has 1 aromatic carbocycles. The van der Waals surface area contributed by atoms with E-state index in [0.717, 1.165) is 31.4 Å². The number of nitrogens with one attached hydrogen (secondary N) is 1. The minimum atomic E-state index is -4.45. The summed E-state index contributed by atoms with van der Waals surface area (Å²) in [4.78, 5) is 12.0. The van der Waals surface area contributed by atoms with E-state index in [4.69, 9.17) is 0 Å². The van der Waals surface area contributed by atoms with E-state index in [-0.39, 0.29) is 11.6 Å². The lowest BCUT2D eigenvalue weighted by molar-refractivity contribution is -0.137. The van der Waals surface area contributed by atoms with Crippen molar-refractivity contribution < 1.29 is 18.0 Å². The molecule has 0 saturated heterocycles. The van der Waals surface area contributed by atoms with Crippen LogP contribution in [-0.2, 0) is 6.18 Å². The Morgan fingerprint density at radius 2 is 2.05 bits per heavy atom. The number of hydrogen-bond acceptors (Lipinski definition) is 1. The predicted molar refractivity (Wildman–Crippen MR) is 75.6 cm³/mol. The number of alkyl halides is 3. The number of hydrogen-bond donors (Lipinski definition) is 1. The lowest BCUT2D eigenvalue weighted by Crippen LogP contribution is -2.32. The van der Waals surface area contributed by atoms with E-state index < -0.39 is 17.6 Å². The molecule has 0 aliphatic heterocycles. The van der Waals surface area contributed by atoms with Gasteiger partial charge in [0.15, 0.2) is 0 Å². The summed E-state index contributed by atoms with van der Waals surface area (Å²) in [6, 6.07) is 2.99. The van der Waals surface area contributed by atoms with Crippen molar-refractivity contribution in [2.75, 3.05) is 0 Å². The van der Waals surface area contributed by atoms with Gasteiger partial charge in [0.2, 0.25) is 0 Å². The Balaban J connectivity index is 2.87. The molecule has 1 aromatic rings. The molecule has 112 valence electrons. The van der Waals surface area contributed by atoms with Gasteiger partial charge in [-0.15, -0.1) is 0 Å². The van der Waals surface area contributed by atoms with Crippen LogP contribution in [0.25, 0.3) is 0 Å². The Morgan fingerprint density at radius 3 is 2.60 bits per heavy atom. The highest BCUT2D eigenvalue weighted by Gasteiger charge is 2.31. The van der Waals surface area contributed by atoms with Crippen molar-refractivity contribution in [2.45, 2.75) is 45.3 Å². The Kier molecular flexibility index (Phi) is 6.05. The summed E-state index contributed by atoms with van der Waals surface area (Å²) in [7, 11) is 0. The van der Waals surface area contributed by atoms with Crippen molar-refractivity contribution in [3.05, 3.63) is 33.8 Å². The molecule has 6 heteroatoms. The van der Waals surface area contributed by atoms with Crippen LogP contribution in [0.2, 0.25) is 0 Å². The van der Waals surface area contributed by atoms with Crippen LogP contribution in [0.3, 0.4) is 0 Å². The van der Waals surface area contributed by atoms with Crippen molar-refractivity contribution >= 4 is 21.8 Å². The highest BCUT2D eigenvalue weighted by Crippen LogP contribution is 2.31. The van der Waals surface area contributed by atoms with Crippen molar-refractivity contribution in [2.24, 2.45) is 0 Å². The number of benzene rings is 1. The average molecular weight is 352 g/mol. The van der Waals surface area contributed by atoms with Gasteiger partial charge in [-0.2, -0.15) is 13.2 Å². The van der Waals surface area contributed by atoms with Gasteiger partial charge in [0.25, 0.3) is 5.91 Å². The Morgan fingerprint density at radius 1 is 1.40 bits per heavy atom. The van der Waals surface area contributed by atoms with Crippen molar-refractivity contribution in [1.29, 1.82) is 0 Å². The molecule has 0 fully saturated rings. The number of carbonyl (C=O) groups excluding carboxylic acids is 1. The summed E-state index contributed by atoms with van der Waals surface area (Å²) in [5.41, 5.74) is -0.824. The van der Waals surface area contributed by atoms with Crippen LogP contribution in [0.1, 0.15) is 49.0 Å². The van der Waals surface area contributed by atoms with Crippen LogP contribution in [0, 0.1) is 0 Å². The largest absolute Gasteiger partial charge is 0.416 e. The minimum Gasteiger partial charge on any atom is -0.350 e. The summed E-state index contributed by atoms with van der Waals surface area (Å²) < 4.78 is 38.3. The summed E-state index contributed by atoms with van der Waals surface area (Å²) in [6.45, 7) is 3.88. The Labute approximate surface area is 124 Å². The Bertz CT molecular complexity index is 474. The van der Waals surface area contributed by atoms with Gasteiger partial charge in [-0.25, -0.2) is 0 Å². The minimum absolute atomic E-state index is 0.00294. The molecule has 0 saturated carbocycles. The van der Waals surface area contributed by atoms with Gasteiger partial charge >= 0.3 is 6.18 Å². The monoisotopic (exact) mass is 351 g/mol. The molecule has 0 radical (unpaired) electrons. The summed E-state index contributed by atoms with van der Waals surface area (Å²) in [5, 5.41) is 2.71. The molecule has 1 amide bonds. The van der Waals surface area contributed by atoms with E-state index in [1.54, 1.807) is 0 Å². The zero-order valence-electron chi connectivity index (χ0n) is 11.4. The molecule has 2 nitrogen and oxygen atoms in total. The molecule has 1 unspecified atom stereocenters. The molecular weight excluding hydrogens is 335 g/mol. The van der Waals surface area contributed by atoms with E-state index in [0.29, 0.717) is 4.47 Å². The fraction of sp³-hybridized carbons (Fsp3) is 0.500. The number of rotatable bonds is 5. The topological polar surface area (TPSA) is 29.1 Å². The quantitative estimate of drug-likeness (QED) is 0.812. The van der Waals surface area contributed by atoms with Crippen molar-refractivity contribution in [3.63, 3.8) is 0 Å². The summed E-state index contributed by atoms with van der Waals surface area (Å²) >= 11 is 3.11. The van der Waals surface area contributed by atoms with Crippen molar-refractivity contribution in [3.8, 4) is 0 Å². The number of halogens is 4. The second kappa shape index (κ2) is 7.11. The first-order valence-corrected chi connectivity index (χ1v) is 7.22. The first-order chi connectivity index (χ1) is 9.25. The third-order valence-electron chi connectivity index (χ3n) is 2.91. The zero-order valence-corrected chi connectivity index (χ0v) is 12.9. The molecule has 1 N–H and O–H groups in total. The molecule has 0 heterocycles. The second-order valence-corrected chi connectivity index (χ2v) is 5.56. The molecule has 0 aromatic heterocycles. The SMILES string of the molecule is CCCCC(C)NC(=O)c1cc(C(F)(F)F)ccc1Br. The van der Waals surface area contributed by atoms with Crippen LogP contribution in [0.5, 0.6) is 0 Å². The third kappa shape index (κ3) is 4.81. The lowest BCUT2D eigenvalue weighted by Gasteiger charge is -2.15. The van der Waals surface area contributed by atoms with Crippen LogP contribution in [0.15, 0.2) is 22.7 Å². The Hall–Kier alpha value is -1.04. The molecule has 1 atom stereocenters. The number of unbranched alkanes of at least 4 members (excludes halogenated alkanes) is 1. The van der Waals surface area contributed by atoms with Crippen LogP contribution in [-0.4, -0.2) is 11.9 Å². The van der Waals surface area contributed by atoms with E-state index in [1.807, 2.05) is 13.8 Å². The normalized spacial score (nSPS) is 13.1. The molecule has 0 bridgehead atoms. The highest BCUT2D eigenvalue weighted by molar-refractivity contribution is 9.10. The van der Waals surface area contributed by atoms with E-state index >= 15 is 0 Å². The third-order valence-corrected chi connectivity index (χ3v) is 3.60. The van der Waals surface area contributed by atoms with Gasteiger partial charge < -0.3 is 5.32 Å². The summed E-state index contributed by atoms with van der Waals surface area (Å²) in [6.07, 6.45) is -1.68. The van der Waals surface area contributed by atoms with Crippen LogP contribution < -0.4 is 5.32 Å². The fourth-order valence-electron chi connectivity index (χ4n) is 1.76. The van der Waals surface area contributed by atoms with Crippen LogP contribution >= 0.6 is 15.9 Å². The van der Waals surface area contributed by atoms with Crippen molar-refractivity contribution in [1.82, 2.24) is 5.32 Å². The summed E-state index contributed by atoms with van der Waals surface area (Å²) in [5.74, 6) is -0.494. The van der Waals surface area contributed by atoms with Gasteiger partial charge in [0.05, 0.1) is 11.1 Å². The molecular formula is C14H17BrF3NO. The molecule has 0 spiro atoms. The maximum atomic E-state index is 12.6. The predicted octanol–water partition coefficient (Wildman–Crippen LogP) is 4.78. The molecule has 20 heavy (non-hydrogen) atoms. The molecule has 0 aliphatic carbocycles. The maximum absolute atomic E-state index is 12.6. The van der Waals surface area contributed by atoms with E-state index in [1.165, 1.54) is 6.07 Å². The first kappa shape index (κ1) is 17.0. The number of carbonyl (C=O) groups is 1. The molecule has 0 aliphatic rings. The van der Waals surface area contributed by atoms with Crippen LogP contribution in [0.4, 0.5) is 13.2 Å².